The van der Waals surface area contributed by atoms with Gasteiger partial charge in [0.2, 0.25) is 15.9 Å². The Hall–Kier alpha value is -2.98. The van der Waals surface area contributed by atoms with Gasteiger partial charge in [0, 0.05) is 50.3 Å². The lowest BCUT2D eigenvalue weighted by Crippen LogP contribution is -2.44. The highest BCUT2D eigenvalue weighted by Gasteiger charge is 2.34. The van der Waals surface area contributed by atoms with Crippen molar-refractivity contribution in [3.05, 3.63) is 70.3 Å². The molecule has 2 aromatic rings. The number of nitrogens with one attached hydrogen (secondary N) is 1. The van der Waals surface area contributed by atoms with Crippen LogP contribution in [-0.4, -0.2) is 51.8 Å². The van der Waals surface area contributed by atoms with E-state index in [1.165, 1.54) is 29.8 Å². The summed E-state index contributed by atoms with van der Waals surface area (Å²) in [6, 6.07) is 15.5. The highest BCUT2D eigenvalue weighted by molar-refractivity contribution is 7.92. The van der Waals surface area contributed by atoms with E-state index in [1.54, 1.807) is 0 Å². The van der Waals surface area contributed by atoms with Crippen molar-refractivity contribution in [1.82, 2.24) is 5.32 Å². The number of anilines is 1. The number of carbonyl (C=O) groups is 1. The van der Waals surface area contributed by atoms with E-state index in [1.807, 2.05) is 18.2 Å². The zero-order valence-corrected chi connectivity index (χ0v) is 19.4. The monoisotopic (exact) mass is 475 g/mol. The molecule has 1 aliphatic rings. The molecule has 3 rings (SSSR count). The van der Waals surface area contributed by atoms with Crippen molar-refractivity contribution in [1.29, 1.82) is 0 Å². The van der Waals surface area contributed by atoms with E-state index in [0.717, 1.165) is 23.4 Å². The Kier molecular flexibility index (Phi) is 8.04. The summed E-state index contributed by atoms with van der Waals surface area (Å²) >= 11 is 0. The van der Waals surface area contributed by atoms with Crippen LogP contribution in [0.1, 0.15) is 31.2 Å². The highest BCUT2D eigenvalue weighted by Crippen LogP contribution is 2.34. The summed E-state index contributed by atoms with van der Waals surface area (Å²) < 4.78 is 31.1. The standard InChI is InChI=1S/C23H29N3O6S/c1-33(30,31)25(20-9-5-10-21(17-20)26(28)29)14-6-11-22(27)24-18-23(12-15-32-16-13-23)19-7-3-2-4-8-19/h2-5,7-10,17H,6,11-16,18H2,1H3,(H,24,27). The van der Waals surface area contributed by atoms with Gasteiger partial charge in [0.1, 0.15) is 0 Å². The van der Waals surface area contributed by atoms with E-state index in [4.69, 9.17) is 4.74 Å². The van der Waals surface area contributed by atoms with Gasteiger partial charge in [-0.05, 0) is 30.9 Å². The van der Waals surface area contributed by atoms with Gasteiger partial charge in [-0.1, -0.05) is 36.4 Å². The van der Waals surface area contributed by atoms with Gasteiger partial charge in [-0.3, -0.25) is 19.2 Å². The molecule has 1 aliphatic heterocycles. The number of amides is 1. The van der Waals surface area contributed by atoms with Gasteiger partial charge in [-0.25, -0.2) is 8.42 Å². The number of ether oxygens (including phenoxy) is 1. The molecular weight excluding hydrogens is 446 g/mol. The summed E-state index contributed by atoms with van der Waals surface area (Å²) in [7, 11) is -3.67. The second kappa shape index (κ2) is 10.8. The summed E-state index contributed by atoms with van der Waals surface area (Å²) in [5, 5.41) is 14.1. The molecule has 0 unspecified atom stereocenters. The number of sulfonamides is 1. The molecule has 1 N–H and O–H groups in total. The van der Waals surface area contributed by atoms with Crippen molar-refractivity contribution in [3.8, 4) is 0 Å². The van der Waals surface area contributed by atoms with Gasteiger partial charge < -0.3 is 10.1 Å². The van der Waals surface area contributed by atoms with E-state index in [0.29, 0.717) is 19.8 Å². The van der Waals surface area contributed by atoms with Crippen molar-refractivity contribution in [3.63, 3.8) is 0 Å². The summed E-state index contributed by atoms with van der Waals surface area (Å²) in [4.78, 5) is 23.0. The number of benzene rings is 2. The van der Waals surface area contributed by atoms with Crippen LogP contribution in [0.3, 0.4) is 0 Å². The van der Waals surface area contributed by atoms with Crippen LogP contribution in [0.4, 0.5) is 11.4 Å². The highest BCUT2D eigenvalue weighted by atomic mass is 32.2. The molecule has 0 spiro atoms. The normalized spacial score (nSPS) is 15.5. The number of hydrogen-bond acceptors (Lipinski definition) is 6. The van der Waals surface area contributed by atoms with E-state index in [-0.39, 0.29) is 42.1 Å². The Morgan fingerprint density at radius 1 is 1.15 bits per heavy atom. The Bertz CT molecular complexity index is 1070. The van der Waals surface area contributed by atoms with Crippen LogP contribution in [0, 0.1) is 10.1 Å². The van der Waals surface area contributed by atoms with Crippen LogP contribution in [0.25, 0.3) is 0 Å². The summed E-state index contributed by atoms with van der Waals surface area (Å²) in [5.41, 5.74) is 0.998. The number of nitrogens with zero attached hydrogens (tertiary/aromatic N) is 2. The molecule has 1 fully saturated rings. The molecule has 1 heterocycles. The van der Waals surface area contributed by atoms with Gasteiger partial charge >= 0.3 is 0 Å². The second-order valence-electron chi connectivity index (χ2n) is 8.25. The second-order valence-corrected chi connectivity index (χ2v) is 10.2. The molecule has 0 saturated carbocycles. The fraction of sp³-hybridized carbons (Fsp3) is 0.435. The lowest BCUT2D eigenvalue weighted by Gasteiger charge is -2.38. The summed E-state index contributed by atoms with van der Waals surface area (Å²) in [6.07, 6.45) is 3.09. The lowest BCUT2D eigenvalue weighted by atomic mass is 9.74. The van der Waals surface area contributed by atoms with Gasteiger partial charge in [0.15, 0.2) is 0 Å². The molecular formula is C23H29N3O6S. The number of nitro groups is 1. The number of rotatable bonds is 10. The van der Waals surface area contributed by atoms with Crippen molar-refractivity contribution in [2.75, 3.05) is 36.9 Å². The van der Waals surface area contributed by atoms with E-state index in [2.05, 4.69) is 17.4 Å². The number of nitro benzene ring substituents is 1. The van der Waals surface area contributed by atoms with Crippen molar-refractivity contribution in [2.24, 2.45) is 0 Å². The van der Waals surface area contributed by atoms with E-state index < -0.39 is 14.9 Å². The number of carbonyl (C=O) groups excluding carboxylic acids is 1. The zero-order chi connectivity index (χ0) is 23.9. The van der Waals surface area contributed by atoms with Crippen molar-refractivity contribution in [2.45, 2.75) is 31.1 Å². The van der Waals surface area contributed by atoms with Crippen LogP contribution in [0.2, 0.25) is 0 Å². The molecule has 1 saturated heterocycles. The van der Waals surface area contributed by atoms with E-state index >= 15 is 0 Å². The fourth-order valence-electron chi connectivity index (χ4n) is 4.11. The maximum Gasteiger partial charge on any atom is 0.271 e. The molecule has 0 atom stereocenters. The summed E-state index contributed by atoms with van der Waals surface area (Å²) in [5.74, 6) is -0.163. The van der Waals surface area contributed by atoms with Gasteiger partial charge in [0.25, 0.3) is 5.69 Å². The first kappa shape index (κ1) is 24.7. The molecule has 10 heteroatoms. The quantitative estimate of drug-likeness (QED) is 0.417. The van der Waals surface area contributed by atoms with Gasteiger partial charge in [-0.2, -0.15) is 0 Å². The smallest absolute Gasteiger partial charge is 0.271 e. The first-order chi connectivity index (χ1) is 15.7. The minimum absolute atomic E-state index is 0.0467. The first-order valence-corrected chi connectivity index (χ1v) is 12.7. The zero-order valence-electron chi connectivity index (χ0n) is 18.6. The molecule has 9 nitrogen and oxygen atoms in total. The van der Waals surface area contributed by atoms with Gasteiger partial charge in [0.05, 0.1) is 16.9 Å². The average Bonchev–Trinajstić information content (AvgIpc) is 2.81. The van der Waals surface area contributed by atoms with Crippen LogP contribution >= 0.6 is 0 Å². The Morgan fingerprint density at radius 2 is 1.85 bits per heavy atom. The third-order valence-corrected chi connectivity index (χ3v) is 7.15. The van der Waals surface area contributed by atoms with E-state index in [9.17, 15) is 23.3 Å². The number of non-ortho nitro benzene ring substituents is 1. The summed E-state index contributed by atoms with van der Waals surface area (Å²) in [6.45, 7) is 1.81. The predicted molar refractivity (Wildman–Crippen MR) is 126 cm³/mol. The van der Waals surface area contributed by atoms with Crippen molar-refractivity contribution < 1.29 is 22.9 Å². The Morgan fingerprint density at radius 3 is 2.48 bits per heavy atom. The first-order valence-electron chi connectivity index (χ1n) is 10.8. The largest absolute Gasteiger partial charge is 0.381 e. The SMILES string of the molecule is CS(=O)(=O)N(CCCC(=O)NCC1(c2ccccc2)CCOCC1)c1cccc([N+](=O)[O-])c1. The molecule has 1 amide bonds. The third-order valence-electron chi connectivity index (χ3n) is 5.95. The van der Waals surface area contributed by atoms with Crippen LogP contribution < -0.4 is 9.62 Å². The molecule has 2 aromatic carbocycles. The predicted octanol–water partition coefficient (Wildman–Crippen LogP) is 3.01. The minimum Gasteiger partial charge on any atom is -0.381 e. The van der Waals surface area contributed by atoms with Crippen molar-refractivity contribution >= 4 is 27.3 Å². The van der Waals surface area contributed by atoms with Crippen LogP contribution in [-0.2, 0) is 25.0 Å². The van der Waals surface area contributed by atoms with Crippen LogP contribution in [0.15, 0.2) is 54.6 Å². The maximum atomic E-state index is 12.6. The van der Waals surface area contributed by atoms with Gasteiger partial charge in [-0.15, -0.1) is 0 Å². The molecule has 0 aromatic heterocycles. The molecule has 0 bridgehead atoms. The molecule has 178 valence electrons. The molecule has 33 heavy (non-hydrogen) atoms. The number of hydrogen-bond donors (Lipinski definition) is 1. The lowest BCUT2D eigenvalue weighted by molar-refractivity contribution is -0.384. The molecule has 0 radical (unpaired) electrons. The Labute approximate surface area is 193 Å². The van der Waals surface area contributed by atoms with Crippen LogP contribution in [0.5, 0.6) is 0 Å². The minimum atomic E-state index is -3.67. The average molecular weight is 476 g/mol. The third kappa shape index (κ3) is 6.52. The Balaban J connectivity index is 1.60. The maximum absolute atomic E-state index is 12.6. The molecule has 0 aliphatic carbocycles. The fourth-order valence-corrected chi connectivity index (χ4v) is 5.07. The topological polar surface area (TPSA) is 119 Å².